The molecule has 0 heterocycles. The second-order valence-electron chi connectivity index (χ2n) is 4.53. The predicted octanol–water partition coefficient (Wildman–Crippen LogP) is 4.07. The number of nitrogens with two attached hydrogens (primary N) is 1. The van der Waals surface area contributed by atoms with Crippen LogP contribution in [0.1, 0.15) is 5.56 Å². The third-order valence-corrected chi connectivity index (χ3v) is 3.05. The molecule has 0 spiro atoms. The average molecular weight is 328 g/mol. The second-order valence-corrected chi connectivity index (χ2v) is 4.53. The Morgan fingerprint density at radius 2 is 1.74 bits per heavy atom. The third kappa shape index (κ3) is 3.53. The molecule has 0 atom stereocenters. The maximum Gasteiger partial charge on any atom is 0.416 e. The highest BCUT2D eigenvalue weighted by molar-refractivity contribution is 6.00. The van der Waals surface area contributed by atoms with E-state index in [1.165, 1.54) is 19.2 Å². The zero-order valence-corrected chi connectivity index (χ0v) is 11.9. The van der Waals surface area contributed by atoms with Gasteiger partial charge >= 0.3 is 12.2 Å². The van der Waals surface area contributed by atoms with Crippen molar-refractivity contribution in [3.8, 4) is 5.75 Å². The molecule has 0 radical (unpaired) electrons. The minimum atomic E-state index is -4.60. The number of anilines is 2. The lowest BCUT2D eigenvalue weighted by molar-refractivity contribution is -0.137. The van der Waals surface area contributed by atoms with Gasteiger partial charge in [0.1, 0.15) is 11.6 Å². The number of urea groups is 1. The Kier molecular flexibility index (Phi) is 4.44. The Balaban J connectivity index is 2.62. The van der Waals surface area contributed by atoms with Gasteiger partial charge in [0.25, 0.3) is 0 Å². The van der Waals surface area contributed by atoms with E-state index in [1.54, 1.807) is 0 Å². The number of rotatable bonds is 3. The summed E-state index contributed by atoms with van der Waals surface area (Å²) in [5.74, 6) is -0.546. The molecule has 0 bridgehead atoms. The fraction of sp³-hybridized carbons (Fsp3) is 0.133. The molecule has 2 rings (SSSR count). The number of nitrogens with zero attached hydrogens (tertiary/aromatic N) is 1. The molecule has 0 unspecified atom stereocenters. The van der Waals surface area contributed by atoms with Gasteiger partial charge in [-0.25, -0.2) is 9.18 Å². The van der Waals surface area contributed by atoms with E-state index in [-0.39, 0.29) is 17.1 Å². The molecule has 0 fully saturated rings. The number of primary amides is 1. The molecule has 2 aromatic carbocycles. The summed E-state index contributed by atoms with van der Waals surface area (Å²) in [4.78, 5) is 12.5. The van der Waals surface area contributed by atoms with E-state index in [1.807, 2.05) is 0 Å². The highest BCUT2D eigenvalue weighted by Gasteiger charge is 2.32. The lowest BCUT2D eigenvalue weighted by atomic mass is 10.1. The highest BCUT2D eigenvalue weighted by atomic mass is 19.4. The van der Waals surface area contributed by atoms with Crippen LogP contribution in [0.15, 0.2) is 42.5 Å². The van der Waals surface area contributed by atoms with Crippen LogP contribution < -0.4 is 15.4 Å². The first kappa shape index (κ1) is 16.6. The lowest BCUT2D eigenvalue weighted by Gasteiger charge is -2.23. The Hall–Kier alpha value is -2.77. The summed E-state index contributed by atoms with van der Waals surface area (Å²) in [5.41, 5.74) is 4.22. The minimum absolute atomic E-state index is 0.0149. The number of hydrogen-bond acceptors (Lipinski definition) is 2. The van der Waals surface area contributed by atoms with Gasteiger partial charge in [0, 0.05) is 0 Å². The molecule has 0 saturated carbocycles. The zero-order valence-electron chi connectivity index (χ0n) is 11.9. The van der Waals surface area contributed by atoms with E-state index in [0.717, 1.165) is 35.2 Å². The molecule has 23 heavy (non-hydrogen) atoms. The van der Waals surface area contributed by atoms with Gasteiger partial charge in [-0.3, -0.25) is 4.90 Å². The van der Waals surface area contributed by atoms with Crippen LogP contribution in [0.25, 0.3) is 0 Å². The van der Waals surface area contributed by atoms with Crippen molar-refractivity contribution in [3.05, 3.63) is 53.8 Å². The number of alkyl halides is 3. The molecule has 0 aliphatic carbocycles. The van der Waals surface area contributed by atoms with Gasteiger partial charge in [0.2, 0.25) is 0 Å². The Bertz CT molecular complexity index is 714. The number of halogens is 4. The number of amides is 2. The van der Waals surface area contributed by atoms with Gasteiger partial charge in [-0.2, -0.15) is 13.2 Å². The molecule has 2 aromatic rings. The summed E-state index contributed by atoms with van der Waals surface area (Å²) in [5, 5.41) is 0. The van der Waals surface area contributed by atoms with Gasteiger partial charge in [0.15, 0.2) is 0 Å². The first-order valence-electron chi connectivity index (χ1n) is 6.34. The Morgan fingerprint density at radius 3 is 2.22 bits per heavy atom. The van der Waals surface area contributed by atoms with E-state index in [4.69, 9.17) is 10.5 Å². The molecule has 2 N–H and O–H groups in total. The maximum atomic E-state index is 13.0. The summed E-state index contributed by atoms with van der Waals surface area (Å²) < 4.78 is 56.7. The van der Waals surface area contributed by atoms with Crippen LogP contribution in [0.5, 0.6) is 5.75 Å². The van der Waals surface area contributed by atoms with Gasteiger partial charge in [0.05, 0.1) is 24.0 Å². The van der Waals surface area contributed by atoms with E-state index in [2.05, 4.69) is 0 Å². The SMILES string of the molecule is COc1ccc(C(F)(F)F)cc1N(C(N)=O)c1ccc(F)cc1. The molecule has 8 heteroatoms. The third-order valence-electron chi connectivity index (χ3n) is 3.05. The molecule has 0 aliphatic heterocycles. The van der Waals surface area contributed by atoms with Crippen molar-refractivity contribution in [2.24, 2.45) is 5.73 Å². The number of carbonyl (C=O) groups excluding carboxylic acids is 1. The zero-order chi connectivity index (χ0) is 17.2. The van der Waals surface area contributed by atoms with Crippen molar-refractivity contribution in [2.75, 3.05) is 12.0 Å². The van der Waals surface area contributed by atoms with Crippen molar-refractivity contribution in [1.82, 2.24) is 0 Å². The van der Waals surface area contributed by atoms with Crippen LogP contribution in [0, 0.1) is 5.82 Å². The van der Waals surface area contributed by atoms with Gasteiger partial charge in [-0.1, -0.05) is 0 Å². The second kappa shape index (κ2) is 6.15. The minimum Gasteiger partial charge on any atom is -0.495 e. The molecule has 122 valence electrons. The van der Waals surface area contributed by atoms with Crippen LogP contribution in [-0.4, -0.2) is 13.1 Å². The molecular weight excluding hydrogens is 316 g/mol. The quantitative estimate of drug-likeness (QED) is 0.864. The topological polar surface area (TPSA) is 55.6 Å². The molecule has 0 aromatic heterocycles. The van der Waals surface area contributed by atoms with Crippen LogP contribution in [0.4, 0.5) is 33.7 Å². The van der Waals surface area contributed by atoms with E-state index in [0.29, 0.717) is 0 Å². The number of methoxy groups -OCH3 is 1. The first-order chi connectivity index (χ1) is 10.7. The Morgan fingerprint density at radius 1 is 1.13 bits per heavy atom. The van der Waals surface area contributed by atoms with Crippen molar-refractivity contribution in [2.45, 2.75) is 6.18 Å². The van der Waals surface area contributed by atoms with Crippen molar-refractivity contribution in [3.63, 3.8) is 0 Å². The average Bonchev–Trinajstić information content (AvgIpc) is 2.48. The van der Waals surface area contributed by atoms with E-state index >= 15 is 0 Å². The standard InChI is InChI=1S/C15H12F4N2O2/c1-23-13-7-2-9(15(17,18)19)8-12(13)21(14(20)22)11-5-3-10(16)4-6-11/h2-8H,1H3,(H2,20,22). The smallest absolute Gasteiger partial charge is 0.416 e. The summed E-state index contributed by atoms with van der Waals surface area (Å²) in [6.07, 6.45) is -4.60. The molecule has 0 aliphatic rings. The maximum absolute atomic E-state index is 13.0. The summed E-state index contributed by atoms with van der Waals surface area (Å²) in [6, 6.07) is 6.18. The predicted molar refractivity (Wildman–Crippen MR) is 76.1 cm³/mol. The number of ether oxygens (including phenoxy) is 1. The van der Waals surface area contributed by atoms with Crippen LogP contribution in [-0.2, 0) is 6.18 Å². The van der Waals surface area contributed by atoms with Crippen LogP contribution in [0.2, 0.25) is 0 Å². The fourth-order valence-electron chi connectivity index (χ4n) is 2.02. The van der Waals surface area contributed by atoms with Crippen LogP contribution >= 0.6 is 0 Å². The van der Waals surface area contributed by atoms with E-state index in [9.17, 15) is 22.4 Å². The van der Waals surface area contributed by atoms with Crippen molar-refractivity contribution in [1.29, 1.82) is 0 Å². The monoisotopic (exact) mass is 328 g/mol. The number of benzene rings is 2. The lowest BCUT2D eigenvalue weighted by Crippen LogP contribution is -2.32. The number of carbonyl (C=O) groups is 1. The van der Waals surface area contributed by atoms with Crippen molar-refractivity contribution >= 4 is 17.4 Å². The number of hydrogen-bond donors (Lipinski definition) is 1. The normalized spacial score (nSPS) is 11.2. The molecular formula is C15H12F4N2O2. The van der Waals surface area contributed by atoms with Crippen molar-refractivity contribution < 1.29 is 27.1 Å². The highest BCUT2D eigenvalue weighted by Crippen LogP contribution is 2.39. The molecule has 0 saturated heterocycles. The summed E-state index contributed by atoms with van der Waals surface area (Å²) in [6.45, 7) is 0. The molecule has 2 amide bonds. The van der Waals surface area contributed by atoms with Gasteiger partial charge < -0.3 is 10.5 Å². The summed E-state index contributed by atoms with van der Waals surface area (Å²) >= 11 is 0. The van der Waals surface area contributed by atoms with Gasteiger partial charge in [-0.05, 0) is 42.5 Å². The molecule has 4 nitrogen and oxygen atoms in total. The van der Waals surface area contributed by atoms with Gasteiger partial charge in [-0.15, -0.1) is 0 Å². The largest absolute Gasteiger partial charge is 0.495 e. The summed E-state index contributed by atoms with van der Waals surface area (Å²) in [7, 11) is 1.25. The first-order valence-corrected chi connectivity index (χ1v) is 6.34. The fourth-order valence-corrected chi connectivity index (χ4v) is 2.02. The van der Waals surface area contributed by atoms with Crippen LogP contribution in [0.3, 0.4) is 0 Å². The van der Waals surface area contributed by atoms with E-state index < -0.39 is 23.6 Å². The Labute approximate surface area is 129 Å².